The summed E-state index contributed by atoms with van der Waals surface area (Å²) in [5.41, 5.74) is 0. The van der Waals surface area contributed by atoms with Crippen LogP contribution in [-0.4, -0.2) is 22.2 Å². The average molecular weight is 244 g/mol. The van der Waals surface area contributed by atoms with Gasteiger partial charge in [-0.15, -0.1) is 0 Å². The van der Waals surface area contributed by atoms with Crippen LogP contribution in [0.3, 0.4) is 0 Å². The number of hydrogen-bond donors (Lipinski definition) is 1. The summed E-state index contributed by atoms with van der Waals surface area (Å²) in [5.74, 6) is 1.64. The van der Waals surface area contributed by atoms with Gasteiger partial charge in [-0.05, 0) is 25.2 Å². The molecule has 0 heterocycles. The van der Waals surface area contributed by atoms with Crippen molar-refractivity contribution in [1.29, 1.82) is 0 Å². The van der Waals surface area contributed by atoms with Gasteiger partial charge in [-0.1, -0.05) is 46.0 Å². The van der Waals surface area contributed by atoms with Crippen molar-refractivity contribution in [3.8, 4) is 0 Å². The fourth-order valence-corrected chi connectivity index (χ4v) is 3.92. The molecule has 1 fully saturated rings. The predicted octanol–water partition coefficient (Wildman–Crippen LogP) is 4.24. The maximum atomic E-state index is 9.96. The first-order valence-corrected chi connectivity index (χ1v) is 8.07. The van der Waals surface area contributed by atoms with Gasteiger partial charge in [0.05, 0.1) is 6.10 Å². The molecule has 0 aromatic heterocycles. The second-order valence-corrected chi connectivity index (χ2v) is 6.71. The van der Waals surface area contributed by atoms with E-state index < -0.39 is 0 Å². The smallest absolute Gasteiger partial charge is 0.0633 e. The Morgan fingerprint density at radius 3 is 2.56 bits per heavy atom. The third kappa shape index (κ3) is 6.15. The lowest BCUT2D eigenvalue weighted by Crippen LogP contribution is -2.18. The zero-order valence-electron chi connectivity index (χ0n) is 11.0. The third-order valence-corrected chi connectivity index (χ3v) is 5.05. The number of rotatable bonds is 7. The van der Waals surface area contributed by atoms with Gasteiger partial charge in [0, 0.05) is 11.0 Å². The summed E-state index contributed by atoms with van der Waals surface area (Å²) in [7, 11) is 0. The molecule has 1 aliphatic carbocycles. The topological polar surface area (TPSA) is 20.2 Å². The first kappa shape index (κ1) is 14.4. The monoisotopic (exact) mass is 244 g/mol. The molecule has 1 saturated carbocycles. The molecule has 1 N–H and O–H groups in total. The molecule has 0 amide bonds. The van der Waals surface area contributed by atoms with Crippen molar-refractivity contribution in [1.82, 2.24) is 0 Å². The minimum atomic E-state index is -0.0755. The predicted molar refractivity (Wildman–Crippen MR) is 74.0 cm³/mol. The van der Waals surface area contributed by atoms with Gasteiger partial charge < -0.3 is 5.11 Å². The summed E-state index contributed by atoms with van der Waals surface area (Å²) in [5, 5.41) is 10.8. The zero-order valence-corrected chi connectivity index (χ0v) is 11.8. The molecule has 0 bridgehead atoms. The zero-order chi connectivity index (χ0) is 11.8. The first-order valence-electron chi connectivity index (χ1n) is 7.02. The van der Waals surface area contributed by atoms with E-state index in [2.05, 4.69) is 13.8 Å². The van der Waals surface area contributed by atoms with Crippen LogP contribution in [0, 0.1) is 5.92 Å². The average Bonchev–Trinajstić information content (AvgIpc) is 2.28. The van der Waals surface area contributed by atoms with E-state index in [1.807, 2.05) is 11.8 Å². The van der Waals surface area contributed by atoms with Crippen LogP contribution < -0.4 is 0 Å². The van der Waals surface area contributed by atoms with E-state index in [1.54, 1.807) is 0 Å². The Hall–Kier alpha value is 0.310. The minimum absolute atomic E-state index is 0.0755. The molecule has 2 atom stereocenters. The Bertz CT molecular complexity index is 166. The quantitative estimate of drug-likeness (QED) is 0.723. The first-order chi connectivity index (χ1) is 7.72. The molecule has 2 unspecified atom stereocenters. The van der Waals surface area contributed by atoms with Crippen LogP contribution in [0.5, 0.6) is 0 Å². The highest BCUT2D eigenvalue weighted by atomic mass is 32.2. The summed E-state index contributed by atoms with van der Waals surface area (Å²) >= 11 is 2.02. The van der Waals surface area contributed by atoms with Crippen molar-refractivity contribution in [2.75, 3.05) is 5.75 Å². The lowest BCUT2D eigenvalue weighted by Gasteiger charge is -2.23. The summed E-state index contributed by atoms with van der Waals surface area (Å²) in [4.78, 5) is 0. The van der Waals surface area contributed by atoms with E-state index in [-0.39, 0.29) is 6.10 Å². The number of thioether (sulfide) groups is 1. The minimum Gasteiger partial charge on any atom is -0.392 e. The summed E-state index contributed by atoms with van der Waals surface area (Å²) in [6.07, 6.45) is 10.4. The van der Waals surface area contributed by atoms with Gasteiger partial charge in [-0.25, -0.2) is 0 Å². The van der Waals surface area contributed by atoms with Crippen LogP contribution >= 0.6 is 11.8 Å². The molecule has 2 heteroatoms. The summed E-state index contributed by atoms with van der Waals surface area (Å²) in [6, 6.07) is 0. The summed E-state index contributed by atoms with van der Waals surface area (Å²) in [6.45, 7) is 4.48. The van der Waals surface area contributed by atoms with Crippen LogP contribution in [0.1, 0.15) is 65.2 Å². The molecule has 96 valence electrons. The molecule has 1 nitrogen and oxygen atoms in total. The van der Waals surface area contributed by atoms with Crippen LogP contribution in [0.15, 0.2) is 0 Å². The van der Waals surface area contributed by atoms with E-state index in [9.17, 15) is 5.11 Å². The largest absolute Gasteiger partial charge is 0.392 e. The van der Waals surface area contributed by atoms with Crippen LogP contribution in [0.25, 0.3) is 0 Å². The molecular formula is C14H28OS. The highest BCUT2D eigenvalue weighted by Crippen LogP contribution is 2.29. The van der Waals surface area contributed by atoms with E-state index in [0.29, 0.717) is 5.92 Å². The fourth-order valence-electron chi connectivity index (χ4n) is 2.62. The standard InChI is InChI=1S/C14H28OS/c1-3-7-12(2)10-13(15)11-16-14-8-5-4-6-9-14/h12-15H,3-11H2,1-2H3. The fraction of sp³-hybridized carbons (Fsp3) is 1.00. The van der Waals surface area contributed by atoms with Gasteiger partial charge in [0.15, 0.2) is 0 Å². The maximum absolute atomic E-state index is 9.96. The normalized spacial score (nSPS) is 21.9. The van der Waals surface area contributed by atoms with E-state index in [1.165, 1.54) is 44.9 Å². The van der Waals surface area contributed by atoms with E-state index >= 15 is 0 Å². The second-order valence-electron chi connectivity index (χ2n) is 5.38. The Labute approximate surface area is 105 Å². The van der Waals surface area contributed by atoms with E-state index in [0.717, 1.165) is 17.4 Å². The Kier molecular flexibility index (Phi) is 7.55. The van der Waals surface area contributed by atoms with Crippen molar-refractivity contribution in [2.24, 2.45) is 5.92 Å². The summed E-state index contributed by atoms with van der Waals surface area (Å²) < 4.78 is 0. The highest BCUT2D eigenvalue weighted by Gasteiger charge is 2.16. The van der Waals surface area contributed by atoms with Crippen LogP contribution in [0.2, 0.25) is 0 Å². The molecule has 0 spiro atoms. The van der Waals surface area contributed by atoms with Crippen molar-refractivity contribution < 1.29 is 5.11 Å². The van der Waals surface area contributed by atoms with Crippen LogP contribution in [-0.2, 0) is 0 Å². The Morgan fingerprint density at radius 2 is 1.94 bits per heavy atom. The van der Waals surface area contributed by atoms with Crippen molar-refractivity contribution >= 4 is 11.8 Å². The highest BCUT2D eigenvalue weighted by molar-refractivity contribution is 7.99. The van der Waals surface area contributed by atoms with Crippen molar-refractivity contribution in [2.45, 2.75) is 76.6 Å². The van der Waals surface area contributed by atoms with Crippen LogP contribution in [0.4, 0.5) is 0 Å². The van der Waals surface area contributed by atoms with Gasteiger partial charge in [-0.3, -0.25) is 0 Å². The molecular weight excluding hydrogens is 216 g/mol. The lowest BCUT2D eigenvalue weighted by molar-refractivity contribution is 0.165. The molecule has 0 radical (unpaired) electrons. The lowest BCUT2D eigenvalue weighted by atomic mass is 9.99. The van der Waals surface area contributed by atoms with Gasteiger partial charge in [-0.2, -0.15) is 11.8 Å². The second kappa shape index (κ2) is 8.41. The number of aliphatic hydroxyl groups excluding tert-OH is 1. The molecule has 0 aromatic rings. The molecule has 0 aromatic carbocycles. The van der Waals surface area contributed by atoms with Crippen molar-refractivity contribution in [3.63, 3.8) is 0 Å². The Morgan fingerprint density at radius 1 is 1.25 bits per heavy atom. The molecule has 1 rings (SSSR count). The van der Waals surface area contributed by atoms with Gasteiger partial charge >= 0.3 is 0 Å². The number of hydrogen-bond acceptors (Lipinski definition) is 2. The van der Waals surface area contributed by atoms with Crippen molar-refractivity contribution in [3.05, 3.63) is 0 Å². The molecule has 0 aliphatic heterocycles. The Balaban J connectivity index is 2.06. The molecule has 0 saturated heterocycles. The third-order valence-electron chi connectivity index (χ3n) is 3.53. The number of aliphatic hydroxyl groups is 1. The van der Waals surface area contributed by atoms with Gasteiger partial charge in [0.25, 0.3) is 0 Å². The SMILES string of the molecule is CCCC(C)CC(O)CSC1CCCCC1. The molecule has 1 aliphatic rings. The van der Waals surface area contributed by atoms with Gasteiger partial charge in [0.1, 0.15) is 0 Å². The molecule has 16 heavy (non-hydrogen) atoms. The maximum Gasteiger partial charge on any atom is 0.0633 e. The van der Waals surface area contributed by atoms with Gasteiger partial charge in [0.2, 0.25) is 0 Å². The van der Waals surface area contributed by atoms with E-state index in [4.69, 9.17) is 0 Å².